The molecule has 0 aromatic carbocycles. The van der Waals surface area contributed by atoms with Crippen LogP contribution in [0.4, 0.5) is 0 Å². The summed E-state index contributed by atoms with van der Waals surface area (Å²) >= 11 is 1.49. The van der Waals surface area contributed by atoms with Crippen molar-refractivity contribution in [3.63, 3.8) is 0 Å². The summed E-state index contributed by atoms with van der Waals surface area (Å²) in [5, 5.41) is 2.45. The molecule has 2 amide bonds. The molecule has 3 rings (SSSR count). The normalized spacial score (nSPS) is 26.9. The number of pyridine rings is 1. The monoisotopic (exact) mass is 361 g/mol. The fourth-order valence-electron chi connectivity index (χ4n) is 3.09. The van der Waals surface area contributed by atoms with E-state index in [4.69, 9.17) is 4.74 Å². The fraction of sp³-hybridized carbons (Fsp3) is 0.412. The maximum Gasteiger partial charge on any atom is 0.330 e. The second-order valence-corrected chi connectivity index (χ2v) is 8.16. The van der Waals surface area contributed by atoms with E-state index in [2.05, 4.69) is 10.3 Å². The van der Waals surface area contributed by atoms with E-state index in [9.17, 15) is 14.4 Å². The van der Waals surface area contributed by atoms with Crippen LogP contribution in [-0.4, -0.2) is 57.0 Å². The molecule has 0 radical (unpaired) electrons. The van der Waals surface area contributed by atoms with Gasteiger partial charge in [0.25, 0.3) is 0 Å². The van der Waals surface area contributed by atoms with Crippen LogP contribution in [0, 0.1) is 0 Å². The number of nitrogens with one attached hydrogen (secondary N) is 1. The first-order valence-electron chi connectivity index (χ1n) is 7.81. The Balaban J connectivity index is 1.66. The van der Waals surface area contributed by atoms with E-state index in [1.807, 2.05) is 19.9 Å². The van der Waals surface area contributed by atoms with Gasteiger partial charge in [0, 0.05) is 23.2 Å². The van der Waals surface area contributed by atoms with Gasteiger partial charge in [0.1, 0.15) is 17.5 Å². The van der Waals surface area contributed by atoms with E-state index < -0.39 is 22.8 Å². The highest BCUT2D eigenvalue weighted by Gasteiger charge is 2.64. The van der Waals surface area contributed by atoms with Gasteiger partial charge in [-0.05, 0) is 31.6 Å². The molecular formula is C17H19N3O4S. The quantitative estimate of drug-likeness (QED) is 0.485. The van der Waals surface area contributed by atoms with Crippen LogP contribution in [0.25, 0.3) is 6.08 Å². The van der Waals surface area contributed by atoms with Crippen molar-refractivity contribution < 1.29 is 19.1 Å². The van der Waals surface area contributed by atoms with Gasteiger partial charge in [-0.15, -0.1) is 11.8 Å². The maximum atomic E-state index is 12.4. The third kappa shape index (κ3) is 3.13. The van der Waals surface area contributed by atoms with Crippen molar-refractivity contribution in [2.75, 3.05) is 7.11 Å². The Bertz CT molecular complexity index is 735. The minimum Gasteiger partial charge on any atom is -0.467 e. The molecule has 8 heteroatoms. The Morgan fingerprint density at radius 2 is 2.20 bits per heavy atom. The molecule has 7 nitrogen and oxygen atoms in total. The minimum atomic E-state index is -0.640. The third-order valence-electron chi connectivity index (χ3n) is 4.27. The number of esters is 1. The summed E-state index contributed by atoms with van der Waals surface area (Å²) in [4.78, 5) is 42.0. The van der Waals surface area contributed by atoms with Crippen LogP contribution in [-0.2, 0) is 19.1 Å². The number of methoxy groups -OCH3 is 1. The zero-order valence-electron chi connectivity index (χ0n) is 14.1. The zero-order chi connectivity index (χ0) is 18.2. The van der Waals surface area contributed by atoms with Gasteiger partial charge in [-0.1, -0.05) is 6.07 Å². The minimum absolute atomic E-state index is 0.262. The molecule has 132 valence electrons. The van der Waals surface area contributed by atoms with E-state index in [0.717, 1.165) is 5.56 Å². The Kier molecular flexibility index (Phi) is 4.55. The highest BCUT2D eigenvalue weighted by Crippen LogP contribution is 2.50. The molecule has 0 unspecified atom stereocenters. The predicted octanol–water partition coefficient (Wildman–Crippen LogP) is 0.815. The Morgan fingerprint density at radius 3 is 2.84 bits per heavy atom. The fourth-order valence-corrected chi connectivity index (χ4v) is 4.71. The van der Waals surface area contributed by atoms with Gasteiger partial charge in [0.2, 0.25) is 11.8 Å². The van der Waals surface area contributed by atoms with Crippen LogP contribution >= 0.6 is 11.8 Å². The number of aromatic nitrogens is 1. The third-order valence-corrected chi connectivity index (χ3v) is 5.85. The summed E-state index contributed by atoms with van der Waals surface area (Å²) in [5.41, 5.74) is 0.793. The number of nitrogens with zero attached hydrogens (tertiary/aromatic N) is 2. The summed E-state index contributed by atoms with van der Waals surface area (Å²) in [7, 11) is 1.31. The van der Waals surface area contributed by atoms with Crippen LogP contribution in [0.1, 0.15) is 19.4 Å². The summed E-state index contributed by atoms with van der Waals surface area (Å²) in [6.07, 6.45) is 6.29. The second kappa shape index (κ2) is 6.51. The standard InChI is InChI=1S/C17H19N3O4S/c1-17(2)13(16(23)24-3)20-14(22)12(15(20)25-17)19-11(21)7-6-10-5-4-8-18-9-10/h4-9,12-13,15H,1-3H3,(H,19,21)/b7-6+/t12-,13+,15-/m1/s1. The molecule has 1 aromatic heterocycles. The first-order chi connectivity index (χ1) is 11.8. The molecule has 25 heavy (non-hydrogen) atoms. The molecule has 1 aromatic rings. The number of ether oxygens (including phenoxy) is 1. The van der Waals surface area contributed by atoms with E-state index >= 15 is 0 Å². The first-order valence-corrected chi connectivity index (χ1v) is 8.69. The van der Waals surface area contributed by atoms with Crippen molar-refractivity contribution >= 4 is 35.6 Å². The SMILES string of the molecule is COC(=O)[C@@H]1N2C(=O)[C@@H](NC(=O)/C=C/c3cccnc3)[C@H]2SC1(C)C. The average Bonchev–Trinajstić information content (AvgIpc) is 2.86. The lowest BCUT2D eigenvalue weighted by atomic mass is 9.96. The van der Waals surface area contributed by atoms with Crippen LogP contribution in [0.3, 0.4) is 0 Å². The lowest BCUT2D eigenvalue weighted by molar-refractivity contribution is -0.162. The molecule has 2 aliphatic rings. The van der Waals surface area contributed by atoms with Crippen molar-refractivity contribution in [2.24, 2.45) is 0 Å². The number of hydrogen-bond donors (Lipinski definition) is 1. The summed E-state index contributed by atoms with van der Waals surface area (Å²) in [6.45, 7) is 3.79. The lowest BCUT2D eigenvalue weighted by Gasteiger charge is -2.43. The van der Waals surface area contributed by atoms with Gasteiger partial charge in [-0.2, -0.15) is 0 Å². The van der Waals surface area contributed by atoms with Crippen LogP contribution in [0.2, 0.25) is 0 Å². The van der Waals surface area contributed by atoms with E-state index in [1.165, 1.54) is 29.8 Å². The highest BCUT2D eigenvalue weighted by molar-refractivity contribution is 8.01. The number of thioether (sulfide) groups is 1. The molecule has 2 aliphatic heterocycles. The Labute approximate surface area is 149 Å². The van der Waals surface area contributed by atoms with Crippen molar-refractivity contribution in [3.8, 4) is 0 Å². The number of hydrogen-bond acceptors (Lipinski definition) is 6. The van der Waals surface area contributed by atoms with Crippen LogP contribution in [0.5, 0.6) is 0 Å². The molecule has 3 atom stereocenters. The van der Waals surface area contributed by atoms with Crippen LogP contribution in [0.15, 0.2) is 30.6 Å². The summed E-state index contributed by atoms with van der Waals surface area (Å²) in [5.74, 6) is -1.06. The smallest absolute Gasteiger partial charge is 0.330 e. The van der Waals surface area contributed by atoms with Crippen molar-refractivity contribution in [3.05, 3.63) is 36.2 Å². The topological polar surface area (TPSA) is 88.6 Å². The summed E-state index contributed by atoms with van der Waals surface area (Å²) < 4.78 is 4.35. The number of rotatable bonds is 4. The van der Waals surface area contributed by atoms with E-state index in [0.29, 0.717) is 0 Å². The number of carbonyl (C=O) groups is 3. The van der Waals surface area contributed by atoms with E-state index in [-0.39, 0.29) is 17.2 Å². The second-order valence-electron chi connectivity index (χ2n) is 6.39. The van der Waals surface area contributed by atoms with Gasteiger partial charge in [-0.3, -0.25) is 14.6 Å². The molecular weight excluding hydrogens is 342 g/mol. The Hall–Kier alpha value is -2.35. The number of fused-ring (bicyclic) bond motifs is 1. The molecule has 2 saturated heterocycles. The molecule has 1 N–H and O–H groups in total. The molecule has 3 heterocycles. The molecule has 0 bridgehead atoms. The first kappa shape index (κ1) is 17.5. The highest BCUT2D eigenvalue weighted by atomic mass is 32.2. The van der Waals surface area contributed by atoms with Gasteiger partial charge in [0.05, 0.1) is 7.11 Å². The maximum absolute atomic E-state index is 12.4. The summed E-state index contributed by atoms with van der Waals surface area (Å²) in [6, 6.07) is 2.32. The van der Waals surface area contributed by atoms with Crippen molar-refractivity contribution in [2.45, 2.75) is 36.1 Å². The molecule has 0 saturated carbocycles. The van der Waals surface area contributed by atoms with Crippen LogP contribution < -0.4 is 5.32 Å². The number of amides is 2. The van der Waals surface area contributed by atoms with Crippen molar-refractivity contribution in [1.29, 1.82) is 0 Å². The Morgan fingerprint density at radius 1 is 1.44 bits per heavy atom. The zero-order valence-corrected chi connectivity index (χ0v) is 14.9. The number of carbonyl (C=O) groups excluding carboxylic acids is 3. The van der Waals surface area contributed by atoms with Gasteiger partial charge >= 0.3 is 5.97 Å². The van der Waals surface area contributed by atoms with Crippen molar-refractivity contribution in [1.82, 2.24) is 15.2 Å². The largest absolute Gasteiger partial charge is 0.467 e. The average molecular weight is 361 g/mol. The predicted molar refractivity (Wildman–Crippen MR) is 93.3 cm³/mol. The molecule has 2 fully saturated rings. The van der Waals surface area contributed by atoms with Gasteiger partial charge in [0.15, 0.2) is 0 Å². The lowest BCUT2D eigenvalue weighted by Crippen LogP contribution is -2.70. The van der Waals surface area contributed by atoms with Gasteiger partial charge < -0.3 is 15.0 Å². The van der Waals surface area contributed by atoms with E-state index in [1.54, 1.807) is 24.5 Å². The number of β-lactam (4-membered cyclic amide) rings is 1. The molecule has 0 aliphatic carbocycles. The molecule has 0 spiro atoms. The van der Waals surface area contributed by atoms with Gasteiger partial charge in [-0.25, -0.2) is 4.79 Å².